The maximum atomic E-state index is 11.0. The van der Waals surface area contributed by atoms with Gasteiger partial charge in [-0.1, -0.05) is 0 Å². The van der Waals surface area contributed by atoms with Crippen LogP contribution in [0.25, 0.3) is 0 Å². The smallest absolute Gasteiger partial charge is 0.177 e. The Kier molecular flexibility index (Phi) is 4.34. The minimum absolute atomic E-state index is 0.0268. The van der Waals surface area contributed by atoms with E-state index in [2.05, 4.69) is 0 Å². The number of aliphatic hydroxyl groups excluding tert-OH is 3. The number of carbonyl (C=O) groups is 2. The summed E-state index contributed by atoms with van der Waals surface area (Å²) in [7, 11) is 0. The summed E-state index contributed by atoms with van der Waals surface area (Å²) >= 11 is 0. The molecule has 0 saturated heterocycles. The molecule has 82 valence electrons. The van der Waals surface area contributed by atoms with Gasteiger partial charge in [0, 0.05) is 0 Å². The van der Waals surface area contributed by atoms with Gasteiger partial charge in [0.05, 0.1) is 6.10 Å². The fourth-order valence-electron chi connectivity index (χ4n) is 1.08. The molecular weight excluding hydrogens is 192 g/mol. The molecule has 4 N–H and O–H groups in total. The highest BCUT2D eigenvalue weighted by Gasteiger charge is 2.48. The summed E-state index contributed by atoms with van der Waals surface area (Å²) in [6, 6.07) is 0. The zero-order valence-corrected chi connectivity index (χ0v) is 7.91. The van der Waals surface area contributed by atoms with Gasteiger partial charge in [0.25, 0.3) is 0 Å². The summed E-state index contributed by atoms with van der Waals surface area (Å²) in [6.07, 6.45) is -5.58. The van der Waals surface area contributed by atoms with E-state index >= 15 is 0 Å². The van der Waals surface area contributed by atoms with Gasteiger partial charge < -0.3 is 25.2 Å². The monoisotopic (exact) mass is 206 g/mol. The van der Waals surface area contributed by atoms with Gasteiger partial charge in [-0.3, -0.25) is 4.79 Å². The highest BCUT2D eigenvalue weighted by molar-refractivity contribution is 5.86. The SMILES string of the molecule is CC(=O)[C@@](O)([C@H](C)O)[C@@H](O)[C@H](O)C=O. The van der Waals surface area contributed by atoms with Gasteiger partial charge in [-0.05, 0) is 13.8 Å². The van der Waals surface area contributed by atoms with Crippen molar-refractivity contribution in [3.05, 3.63) is 0 Å². The first-order chi connectivity index (χ1) is 6.28. The van der Waals surface area contributed by atoms with Gasteiger partial charge in [0.2, 0.25) is 0 Å². The van der Waals surface area contributed by atoms with Crippen molar-refractivity contribution in [1.82, 2.24) is 0 Å². The first-order valence-electron chi connectivity index (χ1n) is 4.01. The van der Waals surface area contributed by atoms with Crippen molar-refractivity contribution in [2.45, 2.75) is 37.8 Å². The number of aliphatic hydroxyl groups is 4. The van der Waals surface area contributed by atoms with E-state index in [1.807, 2.05) is 0 Å². The van der Waals surface area contributed by atoms with Crippen LogP contribution in [0.4, 0.5) is 0 Å². The second-order valence-electron chi connectivity index (χ2n) is 3.13. The molecule has 6 heteroatoms. The van der Waals surface area contributed by atoms with Gasteiger partial charge in [-0.15, -0.1) is 0 Å². The van der Waals surface area contributed by atoms with E-state index in [4.69, 9.17) is 10.2 Å². The van der Waals surface area contributed by atoms with Crippen LogP contribution in [0.15, 0.2) is 0 Å². The predicted molar refractivity (Wildman–Crippen MR) is 45.4 cm³/mol. The molecule has 0 rings (SSSR count). The lowest BCUT2D eigenvalue weighted by Gasteiger charge is -2.33. The van der Waals surface area contributed by atoms with Crippen molar-refractivity contribution in [3.63, 3.8) is 0 Å². The Bertz CT molecular complexity index is 226. The van der Waals surface area contributed by atoms with Gasteiger partial charge in [0.15, 0.2) is 17.7 Å². The maximum Gasteiger partial charge on any atom is 0.177 e. The summed E-state index contributed by atoms with van der Waals surface area (Å²) < 4.78 is 0. The van der Waals surface area contributed by atoms with E-state index in [9.17, 15) is 19.8 Å². The van der Waals surface area contributed by atoms with Crippen molar-refractivity contribution in [2.75, 3.05) is 0 Å². The second kappa shape index (κ2) is 4.61. The molecule has 0 aliphatic carbocycles. The lowest BCUT2D eigenvalue weighted by atomic mass is 9.85. The zero-order valence-electron chi connectivity index (χ0n) is 7.91. The van der Waals surface area contributed by atoms with Crippen molar-refractivity contribution in [3.8, 4) is 0 Å². The molecule has 0 aliphatic heterocycles. The lowest BCUT2D eigenvalue weighted by Crippen LogP contribution is -2.60. The molecule has 0 spiro atoms. The van der Waals surface area contributed by atoms with E-state index in [0.29, 0.717) is 0 Å². The van der Waals surface area contributed by atoms with Gasteiger partial charge in [-0.2, -0.15) is 0 Å². The number of aldehydes is 1. The van der Waals surface area contributed by atoms with E-state index in [0.717, 1.165) is 13.8 Å². The Hall–Kier alpha value is -0.820. The third kappa shape index (κ3) is 2.16. The van der Waals surface area contributed by atoms with Gasteiger partial charge in [-0.25, -0.2) is 0 Å². The molecule has 0 heterocycles. The standard InChI is InChI=1S/C8H14O6/c1-4(10)8(14,5(2)11)7(13)6(12)3-9/h3-4,6-7,10,12-14H,1-2H3/t4-,6+,7-,8-/m0/s1. The molecule has 0 aromatic carbocycles. The average molecular weight is 206 g/mol. The molecule has 0 aliphatic rings. The number of Topliss-reactive ketones (excluding diaryl/α,β-unsaturated/α-hetero) is 1. The van der Waals surface area contributed by atoms with E-state index < -0.39 is 29.7 Å². The molecular formula is C8H14O6. The Morgan fingerprint density at radius 1 is 1.36 bits per heavy atom. The quantitative estimate of drug-likeness (QED) is 0.373. The topological polar surface area (TPSA) is 115 Å². The Balaban J connectivity index is 5.01. The van der Waals surface area contributed by atoms with Crippen molar-refractivity contribution in [2.24, 2.45) is 0 Å². The van der Waals surface area contributed by atoms with Crippen LogP contribution in [-0.4, -0.2) is 56.4 Å². The molecule has 0 aromatic rings. The maximum absolute atomic E-state index is 11.0. The Labute approximate surface area is 80.8 Å². The molecule has 0 amide bonds. The molecule has 0 aromatic heterocycles. The molecule has 4 atom stereocenters. The molecule has 14 heavy (non-hydrogen) atoms. The van der Waals surface area contributed by atoms with Crippen molar-refractivity contribution < 1.29 is 30.0 Å². The summed E-state index contributed by atoms with van der Waals surface area (Å²) in [6.45, 7) is 2.01. The summed E-state index contributed by atoms with van der Waals surface area (Å²) in [5, 5.41) is 36.9. The fraction of sp³-hybridized carbons (Fsp3) is 0.750. The summed E-state index contributed by atoms with van der Waals surface area (Å²) in [5.41, 5.74) is -2.53. The normalized spacial score (nSPS) is 21.9. The highest BCUT2D eigenvalue weighted by atomic mass is 16.4. The van der Waals surface area contributed by atoms with Crippen LogP contribution >= 0.6 is 0 Å². The number of hydrogen-bond donors (Lipinski definition) is 4. The van der Waals surface area contributed by atoms with Gasteiger partial charge in [0.1, 0.15) is 12.2 Å². The minimum atomic E-state index is -2.53. The van der Waals surface area contributed by atoms with Crippen LogP contribution < -0.4 is 0 Å². The highest BCUT2D eigenvalue weighted by Crippen LogP contribution is 2.19. The second-order valence-corrected chi connectivity index (χ2v) is 3.13. The molecule has 0 fully saturated rings. The van der Waals surface area contributed by atoms with E-state index in [1.54, 1.807) is 0 Å². The van der Waals surface area contributed by atoms with Crippen LogP contribution in [0.1, 0.15) is 13.8 Å². The van der Waals surface area contributed by atoms with E-state index in [-0.39, 0.29) is 6.29 Å². The first kappa shape index (κ1) is 13.2. The van der Waals surface area contributed by atoms with Crippen LogP contribution in [0.2, 0.25) is 0 Å². The molecule has 0 unspecified atom stereocenters. The summed E-state index contributed by atoms with van der Waals surface area (Å²) in [4.78, 5) is 21.1. The Morgan fingerprint density at radius 2 is 1.79 bits per heavy atom. The minimum Gasteiger partial charge on any atom is -0.390 e. The van der Waals surface area contributed by atoms with Crippen LogP contribution in [0.5, 0.6) is 0 Å². The molecule has 0 bridgehead atoms. The van der Waals surface area contributed by atoms with Crippen LogP contribution in [0.3, 0.4) is 0 Å². The lowest BCUT2D eigenvalue weighted by molar-refractivity contribution is -0.182. The van der Waals surface area contributed by atoms with Crippen LogP contribution in [-0.2, 0) is 9.59 Å². The third-order valence-corrected chi connectivity index (χ3v) is 2.11. The number of rotatable bonds is 5. The first-order valence-corrected chi connectivity index (χ1v) is 4.01. The van der Waals surface area contributed by atoms with Crippen molar-refractivity contribution in [1.29, 1.82) is 0 Å². The van der Waals surface area contributed by atoms with Gasteiger partial charge >= 0.3 is 0 Å². The third-order valence-electron chi connectivity index (χ3n) is 2.11. The predicted octanol–water partition coefficient (Wildman–Crippen LogP) is -2.39. The largest absolute Gasteiger partial charge is 0.390 e. The fourth-order valence-corrected chi connectivity index (χ4v) is 1.08. The van der Waals surface area contributed by atoms with E-state index in [1.165, 1.54) is 0 Å². The molecule has 0 radical (unpaired) electrons. The zero-order chi connectivity index (χ0) is 11.5. The molecule has 6 nitrogen and oxygen atoms in total. The average Bonchev–Trinajstić information content (AvgIpc) is 2.13. The van der Waals surface area contributed by atoms with Crippen molar-refractivity contribution >= 4 is 12.1 Å². The number of ketones is 1. The number of hydrogen-bond acceptors (Lipinski definition) is 6. The number of carbonyl (C=O) groups excluding carboxylic acids is 2. The Morgan fingerprint density at radius 3 is 2.00 bits per heavy atom. The van der Waals surface area contributed by atoms with Crippen LogP contribution in [0, 0.1) is 0 Å². The summed E-state index contributed by atoms with van der Waals surface area (Å²) in [5.74, 6) is -0.930. The molecule has 0 saturated carbocycles.